The summed E-state index contributed by atoms with van der Waals surface area (Å²) in [5.41, 5.74) is 3.54. The van der Waals surface area contributed by atoms with Crippen molar-refractivity contribution < 1.29 is 40.2 Å². The van der Waals surface area contributed by atoms with Crippen LogP contribution in [0, 0.1) is 20.0 Å². The number of carbonyl (C=O) groups is 1. The van der Waals surface area contributed by atoms with Crippen molar-refractivity contribution >= 4 is 5.97 Å². The summed E-state index contributed by atoms with van der Waals surface area (Å²) in [6.45, 7) is 13.6. The standard InChI is InChI=1S/C34H42IO4/c1-24(2)34(19-7-8-20-34)39-32(36)23-38-29-15-9-26(10-16-29)22-37-30-17-18-31(25(3)21-30)35-28-13-11-27(12-14-28)33(4,5)6/h9-18,21,24H,7-8,19-20,22-23H2,1-6H3/q+1. The average molecular weight is 642 g/mol. The highest BCUT2D eigenvalue weighted by molar-refractivity contribution is 5.71. The number of ether oxygens (including phenoxy) is 3. The van der Waals surface area contributed by atoms with Gasteiger partial charge in [-0.15, -0.1) is 0 Å². The van der Waals surface area contributed by atoms with Crippen molar-refractivity contribution in [2.45, 2.75) is 84.8 Å². The fourth-order valence-electron chi connectivity index (χ4n) is 4.96. The summed E-state index contributed by atoms with van der Waals surface area (Å²) in [6, 6.07) is 23.2. The Morgan fingerprint density at radius 1 is 0.897 bits per heavy atom. The highest BCUT2D eigenvalue weighted by Crippen LogP contribution is 2.39. The molecule has 0 bridgehead atoms. The van der Waals surface area contributed by atoms with Crippen molar-refractivity contribution in [2.24, 2.45) is 5.92 Å². The van der Waals surface area contributed by atoms with Gasteiger partial charge in [0.05, 0.1) is 0 Å². The van der Waals surface area contributed by atoms with Gasteiger partial charge in [-0.05, 0) is 97.5 Å². The minimum atomic E-state index is -0.322. The number of halogens is 1. The summed E-state index contributed by atoms with van der Waals surface area (Å²) < 4.78 is 20.5. The summed E-state index contributed by atoms with van der Waals surface area (Å²) in [4.78, 5) is 12.4. The molecule has 1 fully saturated rings. The molecule has 0 atom stereocenters. The van der Waals surface area contributed by atoms with E-state index >= 15 is 0 Å². The molecule has 1 aliphatic carbocycles. The normalized spacial score (nSPS) is 14.8. The lowest BCUT2D eigenvalue weighted by atomic mass is 9.87. The van der Waals surface area contributed by atoms with Crippen LogP contribution in [0.1, 0.15) is 77.0 Å². The van der Waals surface area contributed by atoms with E-state index in [0.29, 0.717) is 18.3 Å². The van der Waals surface area contributed by atoms with E-state index in [2.05, 4.69) is 84.0 Å². The predicted octanol–water partition coefficient (Wildman–Crippen LogP) is 4.89. The monoisotopic (exact) mass is 641 g/mol. The summed E-state index contributed by atoms with van der Waals surface area (Å²) in [7, 11) is 0. The van der Waals surface area contributed by atoms with Crippen LogP contribution in [0.4, 0.5) is 0 Å². The summed E-state index contributed by atoms with van der Waals surface area (Å²) >= 11 is -0.236. The van der Waals surface area contributed by atoms with Crippen LogP contribution in [0.25, 0.3) is 0 Å². The van der Waals surface area contributed by atoms with E-state index in [0.717, 1.165) is 37.0 Å². The molecule has 0 heterocycles. The maximum atomic E-state index is 12.4. The molecular formula is C34H42IO4+. The minimum absolute atomic E-state index is 0.0701. The molecule has 0 amide bonds. The van der Waals surface area contributed by atoms with Gasteiger partial charge in [0.1, 0.15) is 23.7 Å². The quantitative estimate of drug-likeness (QED) is 0.234. The predicted molar refractivity (Wildman–Crippen MR) is 152 cm³/mol. The molecule has 0 saturated heterocycles. The Kier molecular flexibility index (Phi) is 9.63. The second-order valence-corrected chi connectivity index (χ2v) is 14.8. The van der Waals surface area contributed by atoms with Gasteiger partial charge in [-0.2, -0.15) is 0 Å². The molecule has 208 valence electrons. The van der Waals surface area contributed by atoms with Gasteiger partial charge in [0, 0.05) is 5.56 Å². The van der Waals surface area contributed by atoms with Crippen LogP contribution < -0.4 is 30.7 Å². The van der Waals surface area contributed by atoms with Crippen molar-refractivity contribution in [1.29, 1.82) is 0 Å². The lowest BCUT2D eigenvalue weighted by Gasteiger charge is -2.33. The zero-order valence-corrected chi connectivity index (χ0v) is 26.3. The first-order valence-electron chi connectivity index (χ1n) is 14.0. The van der Waals surface area contributed by atoms with Crippen molar-refractivity contribution in [3.63, 3.8) is 0 Å². The Morgan fingerprint density at radius 2 is 1.54 bits per heavy atom. The third-order valence-corrected chi connectivity index (χ3v) is 10.7. The molecule has 1 aliphatic rings. The summed E-state index contributed by atoms with van der Waals surface area (Å²) in [5.74, 6) is 1.55. The molecule has 0 aromatic heterocycles. The molecule has 3 aromatic rings. The summed E-state index contributed by atoms with van der Waals surface area (Å²) in [6.07, 6.45) is 4.13. The van der Waals surface area contributed by atoms with Crippen LogP contribution in [-0.2, 0) is 21.6 Å². The minimum Gasteiger partial charge on any atom is -0.489 e. The molecule has 0 unspecified atom stereocenters. The van der Waals surface area contributed by atoms with E-state index < -0.39 is 0 Å². The third kappa shape index (κ3) is 8.00. The van der Waals surface area contributed by atoms with Gasteiger partial charge in [-0.1, -0.05) is 58.9 Å². The van der Waals surface area contributed by atoms with Crippen molar-refractivity contribution in [3.8, 4) is 11.5 Å². The Labute approximate surface area is 244 Å². The largest absolute Gasteiger partial charge is 0.489 e. The first kappa shape index (κ1) is 29.4. The molecule has 0 spiro atoms. The van der Waals surface area contributed by atoms with Crippen molar-refractivity contribution in [1.82, 2.24) is 0 Å². The number of aryl methyl sites for hydroxylation is 1. The van der Waals surface area contributed by atoms with Gasteiger partial charge in [0.2, 0.25) is 0 Å². The van der Waals surface area contributed by atoms with Crippen molar-refractivity contribution in [2.75, 3.05) is 6.61 Å². The van der Waals surface area contributed by atoms with E-state index in [1.54, 1.807) is 0 Å². The van der Waals surface area contributed by atoms with Crippen LogP contribution in [0.2, 0.25) is 0 Å². The van der Waals surface area contributed by atoms with Crippen LogP contribution >= 0.6 is 0 Å². The third-order valence-electron chi connectivity index (χ3n) is 7.56. The highest BCUT2D eigenvalue weighted by Gasteiger charge is 2.40. The van der Waals surface area contributed by atoms with Crippen LogP contribution in [-0.4, -0.2) is 18.2 Å². The maximum Gasteiger partial charge on any atom is 0.358 e. The summed E-state index contributed by atoms with van der Waals surface area (Å²) in [5, 5.41) is 0. The first-order valence-corrected chi connectivity index (χ1v) is 16.1. The zero-order valence-electron chi connectivity index (χ0n) is 24.2. The van der Waals surface area contributed by atoms with Crippen LogP contribution in [0.5, 0.6) is 11.5 Å². The van der Waals surface area contributed by atoms with E-state index in [9.17, 15) is 4.79 Å². The topological polar surface area (TPSA) is 44.8 Å². The molecule has 5 heteroatoms. The Balaban J connectivity index is 1.25. The Morgan fingerprint density at radius 3 is 2.13 bits per heavy atom. The molecule has 0 aliphatic heterocycles. The van der Waals surface area contributed by atoms with E-state index in [1.807, 2.05) is 24.3 Å². The van der Waals surface area contributed by atoms with Gasteiger partial charge in [-0.3, -0.25) is 0 Å². The van der Waals surface area contributed by atoms with Gasteiger partial charge < -0.3 is 14.2 Å². The van der Waals surface area contributed by atoms with E-state index in [-0.39, 0.29) is 44.8 Å². The number of hydrogen-bond acceptors (Lipinski definition) is 4. The molecule has 3 aromatic carbocycles. The number of carbonyl (C=O) groups excluding carboxylic acids is 1. The van der Waals surface area contributed by atoms with Gasteiger partial charge in [0.25, 0.3) is 0 Å². The average Bonchev–Trinajstić information content (AvgIpc) is 3.38. The Hall–Kier alpha value is -2.54. The second-order valence-electron chi connectivity index (χ2n) is 11.9. The second kappa shape index (κ2) is 12.8. The lowest BCUT2D eigenvalue weighted by molar-refractivity contribution is -0.598. The number of rotatable bonds is 10. The molecule has 4 nitrogen and oxygen atoms in total. The number of hydrogen-bond donors (Lipinski definition) is 0. The van der Waals surface area contributed by atoms with Crippen LogP contribution in [0.15, 0.2) is 66.7 Å². The smallest absolute Gasteiger partial charge is 0.358 e. The number of benzene rings is 3. The van der Waals surface area contributed by atoms with Gasteiger partial charge in [0.15, 0.2) is 13.7 Å². The maximum absolute atomic E-state index is 12.4. The fourth-order valence-corrected chi connectivity index (χ4v) is 7.29. The van der Waals surface area contributed by atoms with Crippen molar-refractivity contribution in [3.05, 3.63) is 90.6 Å². The highest BCUT2D eigenvalue weighted by atomic mass is 127. The van der Waals surface area contributed by atoms with Gasteiger partial charge in [-0.25, -0.2) is 4.79 Å². The molecule has 39 heavy (non-hydrogen) atoms. The lowest BCUT2D eigenvalue weighted by Crippen LogP contribution is -3.61. The first-order chi connectivity index (χ1) is 18.5. The fraction of sp³-hybridized carbons (Fsp3) is 0.441. The van der Waals surface area contributed by atoms with E-state index in [4.69, 9.17) is 14.2 Å². The molecule has 4 rings (SSSR count). The molecule has 0 radical (unpaired) electrons. The zero-order chi connectivity index (χ0) is 28.0. The molecule has 0 N–H and O–H groups in total. The molecule has 1 saturated carbocycles. The van der Waals surface area contributed by atoms with Gasteiger partial charge >= 0.3 is 27.2 Å². The van der Waals surface area contributed by atoms with E-state index in [1.165, 1.54) is 18.3 Å². The SMILES string of the molecule is Cc1cc(OCc2ccc(OCC(=O)OC3(C(C)C)CCCC3)cc2)ccc1[I+]c1ccc(C(C)(C)C)cc1. The number of esters is 1. The van der Waals surface area contributed by atoms with Crippen LogP contribution in [0.3, 0.4) is 0 Å². The molecular weight excluding hydrogens is 599 g/mol. The Bertz CT molecular complexity index is 1230.